The lowest BCUT2D eigenvalue weighted by Gasteiger charge is -2.06. The number of anilines is 1. The fraction of sp³-hybridized carbons (Fsp3) is 0.0625. The number of aromatic hydroxyl groups is 1. The highest BCUT2D eigenvalue weighted by atomic mass is 16.3. The molecule has 20 heavy (non-hydrogen) atoms. The van der Waals surface area contributed by atoms with Crippen molar-refractivity contribution in [1.82, 2.24) is 4.57 Å². The molecule has 0 radical (unpaired) electrons. The largest absolute Gasteiger partial charge is 0.507 e. The van der Waals surface area contributed by atoms with Crippen LogP contribution in [0.15, 0.2) is 54.6 Å². The molecule has 1 aromatic heterocycles. The maximum atomic E-state index is 12.3. The molecule has 2 N–H and O–H groups in total. The molecule has 1 amide bonds. The van der Waals surface area contributed by atoms with Gasteiger partial charge < -0.3 is 15.0 Å². The van der Waals surface area contributed by atoms with E-state index in [0.29, 0.717) is 11.1 Å². The summed E-state index contributed by atoms with van der Waals surface area (Å²) < 4.78 is 1.77. The summed E-state index contributed by atoms with van der Waals surface area (Å²) in [5.41, 5.74) is 2.07. The minimum Gasteiger partial charge on any atom is -0.507 e. The Hall–Kier alpha value is -2.75. The van der Waals surface area contributed by atoms with Gasteiger partial charge in [0.2, 0.25) is 0 Å². The third-order valence-electron chi connectivity index (χ3n) is 3.33. The topological polar surface area (TPSA) is 54.3 Å². The van der Waals surface area contributed by atoms with Crippen LogP contribution in [0.5, 0.6) is 5.75 Å². The van der Waals surface area contributed by atoms with E-state index in [9.17, 15) is 9.90 Å². The van der Waals surface area contributed by atoms with E-state index in [2.05, 4.69) is 5.32 Å². The molecule has 3 aromatic rings. The van der Waals surface area contributed by atoms with Crippen LogP contribution in [-0.2, 0) is 7.05 Å². The maximum Gasteiger partial charge on any atom is 0.272 e. The molecule has 4 heteroatoms. The first kappa shape index (κ1) is 12.3. The van der Waals surface area contributed by atoms with Gasteiger partial charge in [-0.3, -0.25) is 4.79 Å². The van der Waals surface area contributed by atoms with E-state index in [0.717, 1.165) is 11.2 Å². The monoisotopic (exact) mass is 266 g/mol. The lowest BCUT2D eigenvalue weighted by molar-refractivity contribution is 0.102. The Morgan fingerprint density at radius 2 is 1.85 bits per heavy atom. The van der Waals surface area contributed by atoms with Crippen molar-refractivity contribution < 1.29 is 9.90 Å². The van der Waals surface area contributed by atoms with Gasteiger partial charge >= 0.3 is 0 Å². The third-order valence-corrected chi connectivity index (χ3v) is 3.33. The fourth-order valence-electron chi connectivity index (χ4n) is 2.28. The molecule has 0 bridgehead atoms. The minimum absolute atomic E-state index is 0.178. The summed E-state index contributed by atoms with van der Waals surface area (Å²) in [7, 11) is 1.81. The van der Waals surface area contributed by atoms with Gasteiger partial charge in [0, 0.05) is 18.1 Å². The summed E-state index contributed by atoms with van der Waals surface area (Å²) in [5.74, 6) is -0.0221. The van der Waals surface area contributed by atoms with Crippen LogP contribution in [0.3, 0.4) is 0 Å². The Kier molecular flexibility index (Phi) is 2.91. The van der Waals surface area contributed by atoms with Gasteiger partial charge in [-0.05, 0) is 30.3 Å². The Balaban J connectivity index is 2.00. The predicted molar refractivity (Wildman–Crippen MR) is 79.0 cm³/mol. The van der Waals surface area contributed by atoms with Crippen molar-refractivity contribution in [2.24, 2.45) is 7.05 Å². The van der Waals surface area contributed by atoms with E-state index in [1.165, 1.54) is 0 Å². The lowest BCUT2D eigenvalue weighted by atomic mass is 10.2. The van der Waals surface area contributed by atoms with E-state index >= 15 is 0 Å². The molecule has 0 aliphatic rings. The quantitative estimate of drug-likeness (QED) is 0.748. The second-order valence-electron chi connectivity index (χ2n) is 4.62. The van der Waals surface area contributed by atoms with Crippen LogP contribution in [0.4, 0.5) is 5.69 Å². The molecular formula is C16H14N2O2. The molecule has 100 valence electrons. The zero-order valence-corrected chi connectivity index (χ0v) is 11.0. The highest BCUT2D eigenvalue weighted by Crippen LogP contribution is 2.27. The second-order valence-corrected chi connectivity index (χ2v) is 4.62. The zero-order valence-electron chi connectivity index (χ0n) is 11.0. The average Bonchev–Trinajstić information content (AvgIpc) is 2.79. The molecule has 0 unspecified atom stereocenters. The number of hydrogen-bond acceptors (Lipinski definition) is 2. The summed E-state index contributed by atoms with van der Waals surface area (Å²) >= 11 is 0. The van der Waals surface area contributed by atoms with Crippen LogP contribution in [-0.4, -0.2) is 15.6 Å². The Labute approximate surface area is 116 Å². The number of fused-ring (bicyclic) bond motifs is 1. The van der Waals surface area contributed by atoms with Crippen molar-refractivity contribution in [3.05, 3.63) is 60.3 Å². The number of phenols is 1. The maximum absolute atomic E-state index is 12.3. The van der Waals surface area contributed by atoms with Crippen molar-refractivity contribution in [2.75, 3.05) is 5.32 Å². The van der Waals surface area contributed by atoms with Crippen LogP contribution in [0.1, 0.15) is 10.5 Å². The molecule has 2 aromatic carbocycles. The number of carbonyl (C=O) groups excluding carboxylic acids is 1. The Morgan fingerprint density at radius 1 is 1.10 bits per heavy atom. The van der Waals surface area contributed by atoms with Gasteiger partial charge in [-0.2, -0.15) is 0 Å². The molecular weight excluding hydrogens is 252 g/mol. The number of phenolic OH excluding ortho intramolecular Hbond substituents is 1. The number of hydrogen-bond donors (Lipinski definition) is 2. The van der Waals surface area contributed by atoms with E-state index < -0.39 is 0 Å². The molecule has 4 nitrogen and oxygen atoms in total. The number of carbonyl (C=O) groups is 1. The third kappa shape index (κ3) is 2.01. The zero-order chi connectivity index (χ0) is 14.1. The summed E-state index contributed by atoms with van der Waals surface area (Å²) in [5, 5.41) is 13.3. The number of para-hydroxylation sites is 1. The summed E-state index contributed by atoms with van der Waals surface area (Å²) in [6.07, 6.45) is 0. The first-order valence-electron chi connectivity index (χ1n) is 6.30. The molecule has 0 saturated carbocycles. The highest BCUT2D eigenvalue weighted by Gasteiger charge is 2.15. The van der Waals surface area contributed by atoms with Crippen LogP contribution in [0.2, 0.25) is 0 Å². The second kappa shape index (κ2) is 4.74. The minimum atomic E-state index is -0.200. The van der Waals surface area contributed by atoms with Crippen molar-refractivity contribution >= 4 is 22.5 Å². The van der Waals surface area contributed by atoms with Gasteiger partial charge in [-0.1, -0.05) is 24.3 Å². The van der Waals surface area contributed by atoms with Crippen molar-refractivity contribution in [3.8, 4) is 5.75 Å². The van der Waals surface area contributed by atoms with Crippen LogP contribution < -0.4 is 5.32 Å². The van der Waals surface area contributed by atoms with Gasteiger partial charge in [0.05, 0.1) is 5.52 Å². The molecule has 0 saturated heterocycles. The first-order chi connectivity index (χ1) is 9.66. The normalized spacial score (nSPS) is 10.7. The highest BCUT2D eigenvalue weighted by molar-refractivity contribution is 6.07. The number of amides is 1. The van der Waals surface area contributed by atoms with Gasteiger partial charge in [0.1, 0.15) is 11.4 Å². The Bertz CT molecular complexity index is 776. The van der Waals surface area contributed by atoms with Gasteiger partial charge in [0.15, 0.2) is 0 Å². The number of nitrogens with one attached hydrogen (secondary N) is 1. The molecule has 0 atom stereocenters. The molecule has 0 aliphatic carbocycles. The SMILES string of the molecule is Cn1c(C(=O)Nc2ccccc2)cc2c(O)cccc21. The predicted octanol–water partition coefficient (Wildman–Crippen LogP) is 3.14. The van der Waals surface area contributed by atoms with Gasteiger partial charge in [-0.25, -0.2) is 0 Å². The van der Waals surface area contributed by atoms with Crippen LogP contribution in [0, 0.1) is 0 Å². The van der Waals surface area contributed by atoms with E-state index in [-0.39, 0.29) is 11.7 Å². The van der Waals surface area contributed by atoms with E-state index in [1.807, 2.05) is 43.4 Å². The number of nitrogens with zero attached hydrogens (tertiary/aromatic N) is 1. The van der Waals surface area contributed by atoms with Crippen molar-refractivity contribution in [2.45, 2.75) is 0 Å². The fourth-order valence-corrected chi connectivity index (χ4v) is 2.28. The smallest absolute Gasteiger partial charge is 0.272 e. The molecule has 0 spiro atoms. The molecule has 0 fully saturated rings. The summed E-state index contributed by atoms with van der Waals surface area (Å²) in [6.45, 7) is 0. The number of benzene rings is 2. The number of aryl methyl sites for hydroxylation is 1. The molecule has 3 rings (SSSR count). The number of aromatic nitrogens is 1. The molecule has 1 heterocycles. The first-order valence-corrected chi connectivity index (χ1v) is 6.30. The van der Waals surface area contributed by atoms with Gasteiger partial charge in [0.25, 0.3) is 5.91 Å². The summed E-state index contributed by atoms with van der Waals surface area (Å²) in [6, 6.07) is 16.2. The van der Waals surface area contributed by atoms with Gasteiger partial charge in [-0.15, -0.1) is 0 Å². The van der Waals surface area contributed by atoms with Crippen LogP contribution >= 0.6 is 0 Å². The summed E-state index contributed by atoms with van der Waals surface area (Å²) in [4.78, 5) is 12.3. The van der Waals surface area contributed by atoms with Crippen molar-refractivity contribution in [3.63, 3.8) is 0 Å². The standard InChI is InChI=1S/C16H14N2O2/c1-18-13-8-5-9-15(19)12(13)10-14(18)16(20)17-11-6-3-2-4-7-11/h2-10,19H,1H3,(H,17,20). The Morgan fingerprint density at radius 3 is 2.55 bits per heavy atom. The molecule has 0 aliphatic heterocycles. The lowest BCUT2D eigenvalue weighted by Crippen LogP contribution is -2.15. The van der Waals surface area contributed by atoms with Crippen molar-refractivity contribution in [1.29, 1.82) is 0 Å². The van der Waals surface area contributed by atoms with Crippen LogP contribution in [0.25, 0.3) is 10.9 Å². The number of rotatable bonds is 2. The average molecular weight is 266 g/mol. The van der Waals surface area contributed by atoms with E-state index in [4.69, 9.17) is 0 Å². The van der Waals surface area contributed by atoms with E-state index in [1.54, 1.807) is 22.8 Å².